The molecule has 0 spiro atoms. The molecule has 1 heterocycles. The molecule has 0 aliphatic carbocycles. The van der Waals surface area contributed by atoms with E-state index in [2.05, 4.69) is 36.7 Å². The SMILES string of the molecule is CCCCCCCCNC(CCC)c1cccs1. The summed E-state index contributed by atoms with van der Waals surface area (Å²) in [6.07, 6.45) is 10.8. The Balaban J connectivity index is 2.11. The van der Waals surface area contributed by atoms with Crippen molar-refractivity contribution < 1.29 is 0 Å². The Morgan fingerprint density at radius 1 is 1.06 bits per heavy atom. The molecule has 0 saturated carbocycles. The summed E-state index contributed by atoms with van der Waals surface area (Å²) >= 11 is 1.88. The molecule has 0 aliphatic rings. The summed E-state index contributed by atoms with van der Waals surface area (Å²) in [6, 6.07) is 5.01. The quantitative estimate of drug-likeness (QED) is 0.519. The maximum atomic E-state index is 3.72. The zero-order valence-corrected chi connectivity index (χ0v) is 12.9. The Morgan fingerprint density at radius 3 is 2.50 bits per heavy atom. The van der Waals surface area contributed by atoms with Gasteiger partial charge in [0.15, 0.2) is 0 Å². The van der Waals surface area contributed by atoms with Crippen LogP contribution in [-0.4, -0.2) is 6.54 Å². The number of rotatable bonds is 11. The summed E-state index contributed by atoms with van der Waals surface area (Å²) in [4.78, 5) is 1.50. The first kappa shape index (κ1) is 15.7. The Morgan fingerprint density at radius 2 is 1.83 bits per heavy atom. The first-order valence-electron chi connectivity index (χ1n) is 7.65. The Labute approximate surface area is 117 Å². The first-order valence-corrected chi connectivity index (χ1v) is 8.53. The van der Waals surface area contributed by atoms with Crippen LogP contribution >= 0.6 is 11.3 Å². The van der Waals surface area contributed by atoms with Gasteiger partial charge in [-0.25, -0.2) is 0 Å². The van der Waals surface area contributed by atoms with Crippen molar-refractivity contribution in [2.75, 3.05) is 6.54 Å². The van der Waals surface area contributed by atoms with E-state index >= 15 is 0 Å². The van der Waals surface area contributed by atoms with E-state index in [1.165, 1.54) is 62.8 Å². The topological polar surface area (TPSA) is 12.0 Å². The highest BCUT2D eigenvalue weighted by molar-refractivity contribution is 7.10. The molecule has 1 aromatic heterocycles. The van der Waals surface area contributed by atoms with Crippen molar-refractivity contribution in [1.29, 1.82) is 0 Å². The van der Waals surface area contributed by atoms with Crippen molar-refractivity contribution >= 4 is 11.3 Å². The fourth-order valence-corrected chi connectivity index (χ4v) is 3.14. The lowest BCUT2D eigenvalue weighted by molar-refractivity contribution is 0.480. The van der Waals surface area contributed by atoms with Gasteiger partial charge in [0.1, 0.15) is 0 Å². The van der Waals surface area contributed by atoms with E-state index in [1.54, 1.807) is 0 Å². The second-order valence-corrected chi connectivity index (χ2v) is 6.06. The maximum absolute atomic E-state index is 3.72. The number of nitrogens with one attached hydrogen (secondary N) is 1. The van der Waals surface area contributed by atoms with Crippen LogP contribution in [0.4, 0.5) is 0 Å². The number of unbranched alkanes of at least 4 members (excludes halogenated alkanes) is 5. The molecule has 1 atom stereocenters. The van der Waals surface area contributed by atoms with Crippen molar-refractivity contribution in [3.05, 3.63) is 22.4 Å². The molecule has 2 heteroatoms. The monoisotopic (exact) mass is 267 g/mol. The molecule has 1 aromatic rings. The average molecular weight is 267 g/mol. The van der Waals surface area contributed by atoms with Crippen LogP contribution in [0.5, 0.6) is 0 Å². The minimum absolute atomic E-state index is 0.589. The van der Waals surface area contributed by atoms with E-state index in [-0.39, 0.29) is 0 Å². The van der Waals surface area contributed by atoms with E-state index in [4.69, 9.17) is 0 Å². The van der Waals surface area contributed by atoms with E-state index < -0.39 is 0 Å². The third-order valence-electron chi connectivity index (χ3n) is 3.39. The van der Waals surface area contributed by atoms with Gasteiger partial charge in [0.2, 0.25) is 0 Å². The van der Waals surface area contributed by atoms with Crippen LogP contribution in [0.25, 0.3) is 0 Å². The summed E-state index contributed by atoms with van der Waals surface area (Å²) in [7, 11) is 0. The highest BCUT2D eigenvalue weighted by Gasteiger charge is 2.09. The maximum Gasteiger partial charge on any atom is 0.0414 e. The highest BCUT2D eigenvalue weighted by Crippen LogP contribution is 2.23. The van der Waals surface area contributed by atoms with Crippen molar-refractivity contribution in [3.8, 4) is 0 Å². The standard InChI is InChI=1S/C16H29NS/c1-3-5-6-7-8-9-13-17-15(11-4-2)16-12-10-14-18-16/h10,12,14-15,17H,3-9,11,13H2,1-2H3. The van der Waals surface area contributed by atoms with Gasteiger partial charge in [-0.2, -0.15) is 0 Å². The second-order valence-electron chi connectivity index (χ2n) is 5.08. The van der Waals surface area contributed by atoms with Crippen LogP contribution in [0, 0.1) is 0 Å². The molecular weight excluding hydrogens is 238 g/mol. The van der Waals surface area contributed by atoms with Crippen molar-refractivity contribution in [3.63, 3.8) is 0 Å². The predicted octanol–water partition coefficient (Wildman–Crippen LogP) is 5.54. The molecule has 0 fully saturated rings. The summed E-state index contributed by atoms with van der Waals surface area (Å²) < 4.78 is 0. The summed E-state index contributed by atoms with van der Waals surface area (Å²) in [6.45, 7) is 5.72. The molecule has 1 rings (SSSR count). The fourth-order valence-electron chi connectivity index (χ4n) is 2.30. The molecule has 1 N–H and O–H groups in total. The highest BCUT2D eigenvalue weighted by atomic mass is 32.1. The van der Waals surface area contributed by atoms with Crippen LogP contribution < -0.4 is 5.32 Å². The van der Waals surface area contributed by atoms with E-state index in [0.29, 0.717) is 6.04 Å². The molecule has 18 heavy (non-hydrogen) atoms. The van der Waals surface area contributed by atoms with Crippen molar-refractivity contribution in [1.82, 2.24) is 5.32 Å². The third kappa shape index (κ3) is 6.55. The number of hydrogen-bond donors (Lipinski definition) is 1. The minimum Gasteiger partial charge on any atom is -0.309 e. The molecule has 0 radical (unpaired) electrons. The molecule has 0 aromatic carbocycles. The molecule has 1 unspecified atom stereocenters. The lowest BCUT2D eigenvalue weighted by Crippen LogP contribution is -2.21. The zero-order chi connectivity index (χ0) is 13.1. The third-order valence-corrected chi connectivity index (χ3v) is 4.37. The molecule has 1 nitrogen and oxygen atoms in total. The van der Waals surface area contributed by atoms with Gasteiger partial charge >= 0.3 is 0 Å². The lowest BCUT2D eigenvalue weighted by Gasteiger charge is -2.16. The molecule has 0 bridgehead atoms. The van der Waals surface area contributed by atoms with Crippen LogP contribution in [0.15, 0.2) is 17.5 Å². The van der Waals surface area contributed by atoms with E-state index in [1.807, 2.05) is 11.3 Å². The van der Waals surface area contributed by atoms with Crippen molar-refractivity contribution in [2.45, 2.75) is 71.3 Å². The predicted molar refractivity (Wildman–Crippen MR) is 83.3 cm³/mol. The van der Waals surface area contributed by atoms with Crippen LogP contribution in [0.3, 0.4) is 0 Å². The molecule has 0 amide bonds. The molecule has 104 valence electrons. The van der Waals surface area contributed by atoms with Gasteiger partial charge in [-0.3, -0.25) is 0 Å². The summed E-state index contributed by atoms with van der Waals surface area (Å²) in [5.41, 5.74) is 0. The first-order chi connectivity index (χ1) is 8.88. The van der Waals surface area contributed by atoms with Gasteiger partial charge < -0.3 is 5.32 Å². The molecule has 0 saturated heterocycles. The van der Waals surface area contributed by atoms with Gasteiger partial charge in [0, 0.05) is 10.9 Å². The smallest absolute Gasteiger partial charge is 0.0414 e. The summed E-state index contributed by atoms with van der Waals surface area (Å²) in [5.74, 6) is 0. The van der Waals surface area contributed by atoms with Crippen LogP contribution in [0.1, 0.15) is 76.1 Å². The zero-order valence-electron chi connectivity index (χ0n) is 12.1. The van der Waals surface area contributed by atoms with E-state index in [0.717, 1.165) is 0 Å². The van der Waals surface area contributed by atoms with Gasteiger partial charge in [0.05, 0.1) is 0 Å². The van der Waals surface area contributed by atoms with Crippen LogP contribution in [-0.2, 0) is 0 Å². The Kier molecular flexibility index (Phi) is 9.23. The number of thiophene rings is 1. The largest absolute Gasteiger partial charge is 0.309 e. The molecular formula is C16H29NS. The van der Waals surface area contributed by atoms with Gasteiger partial charge in [-0.1, -0.05) is 58.4 Å². The second kappa shape index (κ2) is 10.6. The van der Waals surface area contributed by atoms with Gasteiger partial charge in [-0.05, 0) is 30.8 Å². The minimum atomic E-state index is 0.589. The number of hydrogen-bond acceptors (Lipinski definition) is 2. The van der Waals surface area contributed by atoms with Crippen molar-refractivity contribution in [2.24, 2.45) is 0 Å². The summed E-state index contributed by atoms with van der Waals surface area (Å²) in [5, 5.41) is 5.91. The fraction of sp³-hybridized carbons (Fsp3) is 0.750. The lowest BCUT2D eigenvalue weighted by atomic mass is 10.1. The molecule has 0 aliphatic heterocycles. The van der Waals surface area contributed by atoms with Gasteiger partial charge in [-0.15, -0.1) is 11.3 Å². The average Bonchev–Trinajstić information content (AvgIpc) is 2.90. The van der Waals surface area contributed by atoms with Crippen LogP contribution in [0.2, 0.25) is 0 Å². The Bertz CT molecular complexity index is 269. The Hall–Kier alpha value is -0.340. The van der Waals surface area contributed by atoms with E-state index in [9.17, 15) is 0 Å². The normalized spacial score (nSPS) is 12.8. The van der Waals surface area contributed by atoms with Gasteiger partial charge in [0.25, 0.3) is 0 Å².